The fourth-order valence-electron chi connectivity index (χ4n) is 2.76. The van der Waals surface area contributed by atoms with Gasteiger partial charge in [-0.05, 0) is 30.3 Å². The number of nitrogens with zero attached hydrogens (tertiary/aromatic N) is 2. The summed E-state index contributed by atoms with van der Waals surface area (Å²) in [7, 11) is 0. The Bertz CT molecular complexity index is 1370. The lowest BCUT2D eigenvalue weighted by atomic mass is 10.1. The molecule has 13 heteroatoms. The minimum atomic E-state index is -4.53. The van der Waals surface area contributed by atoms with Crippen molar-refractivity contribution in [3.63, 3.8) is 0 Å². The molecule has 0 unspecified atom stereocenters. The van der Waals surface area contributed by atoms with Crippen LogP contribution >= 0.6 is 22.7 Å². The van der Waals surface area contributed by atoms with Gasteiger partial charge in [0.25, 0.3) is 5.91 Å². The molecule has 174 valence electrons. The van der Waals surface area contributed by atoms with E-state index in [1.807, 2.05) is 0 Å². The van der Waals surface area contributed by atoms with Gasteiger partial charge in [-0.15, -0.1) is 0 Å². The molecule has 0 radical (unpaired) electrons. The fourth-order valence-corrected chi connectivity index (χ4v) is 4.33. The number of amides is 1. The van der Waals surface area contributed by atoms with Crippen molar-refractivity contribution in [2.45, 2.75) is 6.18 Å². The Morgan fingerprint density at radius 2 is 1.74 bits per heavy atom. The SMILES string of the molecule is O=C(Nc1nc(-c2ccc(C(F)(F)F)cc2)c(Oc2ccccc2F)s1)c1ccc([N+](=O)[O-])s1. The van der Waals surface area contributed by atoms with Crippen molar-refractivity contribution >= 4 is 38.7 Å². The summed E-state index contributed by atoms with van der Waals surface area (Å²) in [5, 5.41) is 13.1. The van der Waals surface area contributed by atoms with Gasteiger partial charge >= 0.3 is 11.2 Å². The van der Waals surface area contributed by atoms with Crippen LogP contribution in [0.15, 0.2) is 60.7 Å². The van der Waals surface area contributed by atoms with Crippen molar-refractivity contribution in [2.75, 3.05) is 5.32 Å². The van der Waals surface area contributed by atoms with E-state index in [-0.39, 0.29) is 37.1 Å². The van der Waals surface area contributed by atoms with Crippen LogP contribution in [0.25, 0.3) is 11.3 Å². The van der Waals surface area contributed by atoms with E-state index in [1.54, 1.807) is 0 Å². The molecule has 0 aliphatic carbocycles. The summed E-state index contributed by atoms with van der Waals surface area (Å²) in [4.78, 5) is 27.0. The molecule has 0 bridgehead atoms. The number of benzene rings is 2. The normalized spacial score (nSPS) is 11.3. The lowest BCUT2D eigenvalue weighted by Crippen LogP contribution is -2.09. The van der Waals surface area contributed by atoms with Crippen molar-refractivity contribution in [3.05, 3.63) is 87.0 Å². The van der Waals surface area contributed by atoms with Gasteiger partial charge in [0, 0.05) is 11.6 Å². The second-order valence-electron chi connectivity index (χ2n) is 6.61. The van der Waals surface area contributed by atoms with Gasteiger partial charge < -0.3 is 4.74 Å². The molecule has 0 aliphatic heterocycles. The van der Waals surface area contributed by atoms with Crippen LogP contribution < -0.4 is 10.1 Å². The van der Waals surface area contributed by atoms with Crippen molar-refractivity contribution < 1.29 is 32.0 Å². The molecule has 0 atom stereocenters. The van der Waals surface area contributed by atoms with Crippen molar-refractivity contribution in [1.29, 1.82) is 0 Å². The first-order chi connectivity index (χ1) is 16.1. The van der Waals surface area contributed by atoms with E-state index in [9.17, 15) is 32.5 Å². The molecule has 4 aromatic rings. The first kappa shape index (κ1) is 23.3. The number of carbonyl (C=O) groups is 1. The Kier molecular flexibility index (Phi) is 6.30. The predicted molar refractivity (Wildman–Crippen MR) is 118 cm³/mol. The van der Waals surface area contributed by atoms with E-state index in [4.69, 9.17) is 4.74 Å². The van der Waals surface area contributed by atoms with Gasteiger partial charge in [0.15, 0.2) is 16.7 Å². The zero-order valence-electron chi connectivity index (χ0n) is 16.6. The van der Waals surface area contributed by atoms with Crippen LogP contribution in [0.5, 0.6) is 10.8 Å². The molecule has 0 fully saturated rings. The summed E-state index contributed by atoms with van der Waals surface area (Å²) in [6.45, 7) is 0. The average molecular weight is 509 g/mol. The molecule has 0 saturated heterocycles. The minimum Gasteiger partial charge on any atom is -0.441 e. The van der Waals surface area contributed by atoms with Gasteiger partial charge in [-0.1, -0.05) is 46.9 Å². The third kappa shape index (κ3) is 5.05. The zero-order valence-corrected chi connectivity index (χ0v) is 18.3. The maximum absolute atomic E-state index is 14.1. The third-order valence-electron chi connectivity index (χ3n) is 4.34. The summed E-state index contributed by atoms with van der Waals surface area (Å²) in [5.41, 5.74) is -0.548. The van der Waals surface area contributed by atoms with Crippen LogP contribution in [0.4, 0.5) is 27.7 Å². The molecule has 1 N–H and O–H groups in total. The van der Waals surface area contributed by atoms with Crippen LogP contribution in [-0.4, -0.2) is 15.8 Å². The number of anilines is 1. The molecule has 2 heterocycles. The van der Waals surface area contributed by atoms with E-state index in [1.165, 1.54) is 48.5 Å². The first-order valence-corrected chi connectivity index (χ1v) is 10.9. The van der Waals surface area contributed by atoms with E-state index in [2.05, 4.69) is 10.3 Å². The highest BCUT2D eigenvalue weighted by molar-refractivity contribution is 7.19. The van der Waals surface area contributed by atoms with Crippen LogP contribution in [0.1, 0.15) is 15.2 Å². The standard InChI is InChI=1S/C21H11F4N3O4S2/c22-13-3-1-2-4-14(13)32-19-17(11-5-7-12(8-6-11)21(23,24)25)26-20(34-19)27-18(29)15-9-10-16(33-15)28(30)31/h1-10H,(H,26,27,29). The predicted octanol–water partition coefficient (Wildman–Crippen LogP) is 6.98. The number of para-hydroxylation sites is 1. The van der Waals surface area contributed by atoms with Crippen LogP contribution in [0.3, 0.4) is 0 Å². The molecule has 4 rings (SSSR count). The molecule has 0 saturated carbocycles. The molecule has 0 spiro atoms. The monoisotopic (exact) mass is 509 g/mol. The molecule has 0 aliphatic rings. The summed E-state index contributed by atoms with van der Waals surface area (Å²) in [6.07, 6.45) is -4.53. The van der Waals surface area contributed by atoms with E-state index in [0.717, 1.165) is 23.5 Å². The Labute approximate surface area is 196 Å². The Balaban J connectivity index is 1.68. The Morgan fingerprint density at radius 3 is 2.35 bits per heavy atom. The highest BCUT2D eigenvalue weighted by atomic mass is 32.1. The third-order valence-corrected chi connectivity index (χ3v) is 6.22. The number of thiazole rings is 1. The number of hydrogen-bond donors (Lipinski definition) is 1. The summed E-state index contributed by atoms with van der Waals surface area (Å²) >= 11 is 1.48. The van der Waals surface area contributed by atoms with Gasteiger partial charge in [-0.25, -0.2) is 9.37 Å². The molecular formula is C21H11F4N3O4S2. The van der Waals surface area contributed by atoms with Gasteiger partial charge in [0.1, 0.15) is 5.69 Å². The Hall–Kier alpha value is -3.84. The Morgan fingerprint density at radius 1 is 1.03 bits per heavy atom. The quantitative estimate of drug-likeness (QED) is 0.172. The van der Waals surface area contributed by atoms with E-state index < -0.39 is 28.4 Å². The molecule has 2 aromatic carbocycles. The van der Waals surface area contributed by atoms with Gasteiger partial charge in [0.2, 0.25) is 5.06 Å². The number of carbonyl (C=O) groups excluding carboxylic acids is 1. The molecule has 34 heavy (non-hydrogen) atoms. The van der Waals surface area contributed by atoms with Gasteiger partial charge in [-0.3, -0.25) is 20.2 Å². The van der Waals surface area contributed by atoms with Gasteiger partial charge in [0.05, 0.1) is 15.4 Å². The number of alkyl halides is 3. The molecular weight excluding hydrogens is 498 g/mol. The number of rotatable bonds is 6. The summed E-state index contributed by atoms with van der Waals surface area (Å²) < 4.78 is 58.5. The average Bonchev–Trinajstić information content (AvgIpc) is 3.43. The maximum Gasteiger partial charge on any atom is 0.416 e. The number of nitro groups is 1. The largest absolute Gasteiger partial charge is 0.441 e. The van der Waals surface area contributed by atoms with Crippen LogP contribution in [0, 0.1) is 15.9 Å². The highest BCUT2D eigenvalue weighted by Gasteiger charge is 2.30. The zero-order chi connectivity index (χ0) is 24.5. The number of aromatic nitrogens is 1. The van der Waals surface area contributed by atoms with E-state index in [0.29, 0.717) is 11.3 Å². The first-order valence-electron chi connectivity index (χ1n) is 9.28. The second-order valence-corrected chi connectivity index (χ2v) is 8.64. The molecule has 2 aromatic heterocycles. The number of hydrogen-bond acceptors (Lipinski definition) is 7. The fraction of sp³-hybridized carbons (Fsp3) is 0.0476. The van der Waals surface area contributed by atoms with E-state index >= 15 is 0 Å². The lowest BCUT2D eigenvalue weighted by molar-refractivity contribution is -0.380. The number of halogens is 4. The number of nitrogens with one attached hydrogen (secondary N) is 1. The van der Waals surface area contributed by atoms with Crippen LogP contribution in [-0.2, 0) is 6.18 Å². The van der Waals surface area contributed by atoms with Crippen molar-refractivity contribution in [3.8, 4) is 22.1 Å². The maximum atomic E-state index is 14.1. The topological polar surface area (TPSA) is 94.4 Å². The molecule has 1 amide bonds. The number of thiophene rings is 1. The van der Waals surface area contributed by atoms with Crippen LogP contribution in [0.2, 0.25) is 0 Å². The minimum absolute atomic E-state index is 0.00212. The smallest absolute Gasteiger partial charge is 0.416 e. The highest BCUT2D eigenvalue weighted by Crippen LogP contribution is 2.42. The number of ether oxygens (including phenoxy) is 1. The lowest BCUT2D eigenvalue weighted by Gasteiger charge is -2.08. The second kappa shape index (κ2) is 9.19. The summed E-state index contributed by atoms with van der Waals surface area (Å²) in [5.74, 6) is -1.50. The molecule has 7 nitrogen and oxygen atoms in total. The van der Waals surface area contributed by atoms with Gasteiger partial charge in [-0.2, -0.15) is 13.2 Å². The summed E-state index contributed by atoms with van der Waals surface area (Å²) in [6, 6.07) is 12.1. The van der Waals surface area contributed by atoms with Crippen molar-refractivity contribution in [2.24, 2.45) is 0 Å². The van der Waals surface area contributed by atoms with Crippen molar-refractivity contribution in [1.82, 2.24) is 4.98 Å².